The molecule has 0 aliphatic carbocycles. The molecule has 3 nitrogen and oxygen atoms in total. The van der Waals surface area contributed by atoms with E-state index < -0.39 is 0 Å². The lowest BCUT2D eigenvalue weighted by molar-refractivity contribution is -0.121. The second-order valence-electron chi connectivity index (χ2n) is 7.57. The van der Waals surface area contributed by atoms with Gasteiger partial charge < -0.3 is 5.73 Å². The third-order valence-electron chi connectivity index (χ3n) is 5.84. The van der Waals surface area contributed by atoms with Gasteiger partial charge in [-0.15, -0.1) is 0 Å². The van der Waals surface area contributed by atoms with Crippen molar-refractivity contribution in [2.75, 3.05) is 0 Å². The van der Waals surface area contributed by atoms with Crippen molar-refractivity contribution in [3.05, 3.63) is 35.9 Å². The predicted octanol–water partition coefficient (Wildman–Crippen LogP) is 4.01. The highest BCUT2D eigenvalue weighted by Gasteiger charge is 2.43. The molecule has 134 valence electrons. The van der Waals surface area contributed by atoms with Gasteiger partial charge >= 0.3 is 0 Å². The maximum atomic E-state index is 12.2. The molecule has 2 N–H and O–H groups in total. The van der Waals surface area contributed by atoms with Crippen LogP contribution in [-0.2, 0) is 11.3 Å². The first kappa shape index (κ1) is 19.1. The quantitative estimate of drug-likeness (QED) is 0.783. The number of carbonyl (C=O) groups excluding carboxylic acids is 1. The first-order valence-corrected chi connectivity index (χ1v) is 9.53. The summed E-state index contributed by atoms with van der Waals surface area (Å²) in [5, 5.41) is 0. The Balaban J connectivity index is 2.20. The van der Waals surface area contributed by atoms with E-state index >= 15 is 0 Å². The molecule has 4 atom stereocenters. The smallest absolute Gasteiger partial charge is 0.146 e. The lowest BCUT2D eigenvalue weighted by Gasteiger charge is -2.35. The predicted molar refractivity (Wildman–Crippen MR) is 101 cm³/mol. The Hall–Kier alpha value is -1.19. The van der Waals surface area contributed by atoms with Gasteiger partial charge in [0.1, 0.15) is 5.78 Å². The van der Waals surface area contributed by atoms with Crippen molar-refractivity contribution < 1.29 is 4.79 Å². The van der Waals surface area contributed by atoms with Crippen molar-refractivity contribution >= 4 is 5.78 Å². The van der Waals surface area contributed by atoms with Crippen LogP contribution in [0.4, 0.5) is 0 Å². The van der Waals surface area contributed by atoms with E-state index in [9.17, 15) is 4.79 Å². The van der Waals surface area contributed by atoms with Crippen molar-refractivity contribution in [2.45, 2.75) is 78.0 Å². The number of benzene rings is 1. The van der Waals surface area contributed by atoms with Crippen LogP contribution >= 0.6 is 0 Å². The summed E-state index contributed by atoms with van der Waals surface area (Å²) in [5.74, 6) is 1.42. The molecule has 1 aromatic rings. The number of ketones is 1. The van der Waals surface area contributed by atoms with Crippen molar-refractivity contribution in [3.8, 4) is 0 Å². The van der Waals surface area contributed by atoms with E-state index in [1.54, 1.807) is 6.92 Å². The van der Waals surface area contributed by atoms with Gasteiger partial charge in [-0.1, -0.05) is 63.9 Å². The van der Waals surface area contributed by atoms with Gasteiger partial charge in [-0.2, -0.15) is 0 Å². The first-order valence-electron chi connectivity index (χ1n) is 9.53. The zero-order valence-corrected chi connectivity index (χ0v) is 15.7. The zero-order valence-electron chi connectivity index (χ0n) is 15.7. The second-order valence-corrected chi connectivity index (χ2v) is 7.57. The SMILES string of the molecule is CCC(CC)CC(N)C1[C@H](C)C[C@H](C(C)=O)N1Cc1ccccc1. The lowest BCUT2D eigenvalue weighted by Crippen LogP contribution is -2.50. The molecule has 0 bridgehead atoms. The molecule has 0 spiro atoms. The largest absolute Gasteiger partial charge is 0.326 e. The van der Waals surface area contributed by atoms with E-state index in [0.29, 0.717) is 17.9 Å². The van der Waals surface area contributed by atoms with Gasteiger partial charge in [0.05, 0.1) is 6.04 Å². The molecule has 1 aliphatic heterocycles. The summed E-state index contributed by atoms with van der Waals surface area (Å²) in [6, 6.07) is 10.9. The van der Waals surface area contributed by atoms with Crippen LogP contribution in [0.2, 0.25) is 0 Å². The Labute approximate surface area is 147 Å². The van der Waals surface area contributed by atoms with E-state index in [2.05, 4.69) is 49.9 Å². The van der Waals surface area contributed by atoms with Gasteiger partial charge in [-0.05, 0) is 37.2 Å². The molecule has 0 aromatic heterocycles. The molecule has 24 heavy (non-hydrogen) atoms. The van der Waals surface area contributed by atoms with Gasteiger partial charge in [0.2, 0.25) is 0 Å². The van der Waals surface area contributed by atoms with Crippen LogP contribution in [0.5, 0.6) is 0 Å². The summed E-state index contributed by atoms with van der Waals surface area (Å²) < 4.78 is 0. The molecule has 0 radical (unpaired) electrons. The molecule has 0 saturated carbocycles. The maximum absolute atomic E-state index is 12.2. The van der Waals surface area contributed by atoms with E-state index in [1.165, 1.54) is 18.4 Å². The molecule has 2 rings (SSSR count). The summed E-state index contributed by atoms with van der Waals surface area (Å²) in [4.78, 5) is 14.6. The Bertz CT molecular complexity index is 512. The average molecular weight is 331 g/mol. The highest BCUT2D eigenvalue weighted by atomic mass is 16.1. The molecule has 1 saturated heterocycles. The van der Waals surface area contributed by atoms with Gasteiger partial charge in [0.15, 0.2) is 0 Å². The van der Waals surface area contributed by atoms with Crippen LogP contribution in [0, 0.1) is 11.8 Å². The maximum Gasteiger partial charge on any atom is 0.146 e. The molecule has 1 aromatic carbocycles. The molecular formula is C21H34N2O. The summed E-state index contributed by atoms with van der Waals surface area (Å²) in [6.45, 7) is 9.30. The monoisotopic (exact) mass is 330 g/mol. The molecule has 1 fully saturated rings. The van der Waals surface area contributed by atoms with Crippen molar-refractivity contribution in [3.63, 3.8) is 0 Å². The Kier molecular flexibility index (Phi) is 7.00. The fourth-order valence-electron chi connectivity index (χ4n) is 4.39. The normalized spacial score (nSPS) is 26.0. The number of likely N-dealkylation sites (tertiary alicyclic amines) is 1. The summed E-state index contributed by atoms with van der Waals surface area (Å²) >= 11 is 0. The second kappa shape index (κ2) is 8.77. The molecule has 1 heterocycles. The van der Waals surface area contributed by atoms with Crippen molar-refractivity contribution in [2.24, 2.45) is 17.6 Å². The number of nitrogens with two attached hydrogens (primary N) is 1. The third kappa shape index (κ3) is 4.46. The Morgan fingerprint density at radius 2 is 1.88 bits per heavy atom. The number of nitrogens with zero attached hydrogens (tertiary/aromatic N) is 1. The Morgan fingerprint density at radius 1 is 1.25 bits per heavy atom. The number of rotatable bonds is 8. The van der Waals surface area contributed by atoms with Crippen LogP contribution in [0.3, 0.4) is 0 Å². The standard InChI is InChI=1S/C21H34N2O/c1-5-17(6-2)13-19(22)21-15(3)12-20(16(4)24)23(21)14-18-10-8-7-9-11-18/h7-11,15,17,19-21H,5-6,12-14,22H2,1-4H3/t15-,19?,20-,21?/m1/s1. The minimum atomic E-state index is 0.0120. The van der Waals surface area contributed by atoms with Crippen LogP contribution in [0.1, 0.15) is 58.9 Å². The fraction of sp³-hybridized carbons (Fsp3) is 0.667. The van der Waals surface area contributed by atoms with E-state index in [1.807, 2.05) is 6.07 Å². The van der Waals surface area contributed by atoms with Gasteiger partial charge in [0.25, 0.3) is 0 Å². The molecular weight excluding hydrogens is 296 g/mol. The van der Waals surface area contributed by atoms with Crippen molar-refractivity contribution in [1.82, 2.24) is 4.90 Å². The Morgan fingerprint density at radius 3 is 2.42 bits per heavy atom. The van der Waals surface area contributed by atoms with Crippen molar-refractivity contribution in [1.29, 1.82) is 0 Å². The molecule has 3 heteroatoms. The molecule has 1 aliphatic rings. The summed E-state index contributed by atoms with van der Waals surface area (Å²) in [5.41, 5.74) is 7.94. The van der Waals surface area contributed by atoms with E-state index in [0.717, 1.165) is 19.4 Å². The highest BCUT2D eigenvalue weighted by Crippen LogP contribution is 2.35. The third-order valence-corrected chi connectivity index (χ3v) is 5.84. The highest BCUT2D eigenvalue weighted by molar-refractivity contribution is 5.81. The van der Waals surface area contributed by atoms with Crippen LogP contribution in [0.25, 0.3) is 0 Å². The lowest BCUT2D eigenvalue weighted by atomic mass is 9.87. The minimum absolute atomic E-state index is 0.0120. The minimum Gasteiger partial charge on any atom is -0.326 e. The van der Waals surface area contributed by atoms with Gasteiger partial charge in [-0.3, -0.25) is 9.69 Å². The summed E-state index contributed by atoms with van der Waals surface area (Å²) in [6.07, 6.45) is 4.35. The van der Waals surface area contributed by atoms with Gasteiger partial charge in [0, 0.05) is 18.6 Å². The van der Waals surface area contributed by atoms with E-state index in [-0.39, 0.29) is 17.9 Å². The number of hydrogen-bond acceptors (Lipinski definition) is 3. The number of Topliss-reactive ketones (excluding diaryl/α,β-unsaturated/α-hetero) is 1. The zero-order chi connectivity index (χ0) is 17.7. The number of hydrogen-bond donors (Lipinski definition) is 1. The van der Waals surface area contributed by atoms with Crippen LogP contribution < -0.4 is 5.73 Å². The topological polar surface area (TPSA) is 46.3 Å². The van der Waals surface area contributed by atoms with E-state index in [4.69, 9.17) is 5.73 Å². The fourth-order valence-corrected chi connectivity index (χ4v) is 4.39. The summed E-state index contributed by atoms with van der Waals surface area (Å²) in [7, 11) is 0. The van der Waals surface area contributed by atoms with Crippen LogP contribution in [-0.4, -0.2) is 28.8 Å². The molecule has 0 amide bonds. The van der Waals surface area contributed by atoms with Crippen LogP contribution in [0.15, 0.2) is 30.3 Å². The molecule has 2 unspecified atom stereocenters. The average Bonchev–Trinajstić information content (AvgIpc) is 2.90. The number of carbonyl (C=O) groups is 1. The van der Waals surface area contributed by atoms with Gasteiger partial charge in [-0.25, -0.2) is 0 Å². The first-order chi connectivity index (χ1) is 11.5.